The number of sulfonamides is 1. The van der Waals surface area contributed by atoms with Crippen molar-refractivity contribution in [1.29, 1.82) is 5.26 Å². The summed E-state index contributed by atoms with van der Waals surface area (Å²) in [6.07, 6.45) is 2.66. The summed E-state index contributed by atoms with van der Waals surface area (Å²) in [5.74, 6) is 0.578. The van der Waals surface area contributed by atoms with E-state index in [-0.39, 0.29) is 4.90 Å². The first-order chi connectivity index (χ1) is 15.4. The Bertz CT molecular complexity index is 1300. The number of benzene rings is 2. The van der Waals surface area contributed by atoms with Crippen molar-refractivity contribution in [2.45, 2.75) is 24.8 Å². The fourth-order valence-electron chi connectivity index (χ4n) is 3.70. The number of imidazole rings is 1. The fraction of sp³-hybridized carbons (Fsp3) is 0.304. The average Bonchev–Trinajstić information content (AvgIpc) is 3.18. The van der Waals surface area contributed by atoms with E-state index in [1.165, 1.54) is 4.31 Å². The third-order valence-corrected chi connectivity index (χ3v) is 7.49. The summed E-state index contributed by atoms with van der Waals surface area (Å²) in [7, 11) is -3.61. The van der Waals surface area contributed by atoms with Crippen LogP contribution in [0.2, 0.25) is 0 Å². The SMILES string of the molecule is CCCn1c(/C(Cl)=C/c2ccc(C#N)cc2)nc2cc(S(=O)(=O)N3CCOCC3)ccc21. The third-order valence-electron chi connectivity index (χ3n) is 5.32. The van der Waals surface area contributed by atoms with Crippen molar-refractivity contribution in [3.8, 4) is 6.07 Å². The molecule has 0 amide bonds. The summed E-state index contributed by atoms with van der Waals surface area (Å²) in [4.78, 5) is 4.90. The van der Waals surface area contributed by atoms with Crippen molar-refractivity contribution in [1.82, 2.24) is 13.9 Å². The number of hydrogen-bond acceptors (Lipinski definition) is 5. The number of fused-ring (bicyclic) bond motifs is 1. The molecule has 9 heteroatoms. The van der Waals surface area contributed by atoms with Crippen LogP contribution in [0.4, 0.5) is 0 Å². The Morgan fingerprint density at radius 1 is 1.22 bits per heavy atom. The maximum absolute atomic E-state index is 13.1. The van der Waals surface area contributed by atoms with Crippen molar-refractivity contribution in [2.75, 3.05) is 26.3 Å². The molecule has 1 aliphatic rings. The Hall–Kier alpha value is -2.70. The van der Waals surface area contributed by atoms with Gasteiger partial charge in [0.25, 0.3) is 0 Å². The third kappa shape index (κ3) is 4.43. The second kappa shape index (κ2) is 9.43. The van der Waals surface area contributed by atoms with Gasteiger partial charge in [-0.25, -0.2) is 13.4 Å². The smallest absolute Gasteiger partial charge is 0.243 e. The molecule has 3 aromatic rings. The Balaban J connectivity index is 1.75. The molecule has 0 bridgehead atoms. The first-order valence-electron chi connectivity index (χ1n) is 10.4. The quantitative estimate of drug-likeness (QED) is 0.541. The summed E-state index contributed by atoms with van der Waals surface area (Å²) in [5, 5.41) is 9.41. The number of nitriles is 1. The Kier molecular flexibility index (Phi) is 6.63. The van der Waals surface area contributed by atoms with Gasteiger partial charge in [-0.3, -0.25) is 0 Å². The molecule has 1 aromatic heterocycles. The van der Waals surface area contributed by atoms with Gasteiger partial charge in [0, 0.05) is 19.6 Å². The molecule has 0 N–H and O–H groups in total. The molecule has 2 aromatic carbocycles. The summed E-state index contributed by atoms with van der Waals surface area (Å²) >= 11 is 6.65. The molecule has 166 valence electrons. The molecule has 32 heavy (non-hydrogen) atoms. The maximum atomic E-state index is 13.1. The van der Waals surface area contributed by atoms with E-state index in [4.69, 9.17) is 21.6 Å². The molecule has 4 rings (SSSR count). The van der Waals surface area contributed by atoms with Gasteiger partial charge in [-0.15, -0.1) is 0 Å². The topological polar surface area (TPSA) is 88.2 Å². The lowest BCUT2D eigenvalue weighted by Gasteiger charge is -2.26. The average molecular weight is 471 g/mol. The number of aromatic nitrogens is 2. The summed E-state index contributed by atoms with van der Waals surface area (Å²) in [5.41, 5.74) is 2.83. The van der Waals surface area contributed by atoms with Crippen LogP contribution < -0.4 is 0 Å². The lowest BCUT2D eigenvalue weighted by Crippen LogP contribution is -2.40. The zero-order valence-electron chi connectivity index (χ0n) is 17.7. The molecule has 1 saturated heterocycles. The molecule has 7 nitrogen and oxygen atoms in total. The molecule has 2 heterocycles. The molecule has 0 spiro atoms. The van der Waals surface area contributed by atoms with Crippen LogP contribution in [0.1, 0.15) is 30.3 Å². The largest absolute Gasteiger partial charge is 0.379 e. The first kappa shape index (κ1) is 22.5. The minimum atomic E-state index is -3.61. The van der Waals surface area contributed by atoms with Gasteiger partial charge in [0.05, 0.1) is 45.8 Å². The number of ether oxygens (including phenoxy) is 1. The Labute approximate surface area is 192 Å². The van der Waals surface area contributed by atoms with E-state index in [0.29, 0.717) is 54.8 Å². The van der Waals surface area contributed by atoms with Crippen LogP contribution in [-0.2, 0) is 21.3 Å². The van der Waals surface area contributed by atoms with E-state index in [1.54, 1.807) is 36.4 Å². The van der Waals surface area contributed by atoms with Crippen LogP contribution in [0.25, 0.3) is 22.1 Å². The van der Waals surface area contributed by atoms with Gasteiger partial charge in [-0.2, -0.15) is 9.57 Å². The highest BCUT2D eigenvalue weighted by Crippen LogP contribution is 2.29. The van der Waals surface area contributed by atoms with E-state index in [9.17, 15) is 8.42 Å². The second-order valence-electron chi connectivity index (χ2n) is 7.48. The van der Waals surface area contributed by atoms with Crippen LogP contribution >= 0.6 is 11.6 Å². The van der Waals surface area contributed by atoms with Crippen molar-refractivity contribution >= 4 is 43.8 Å². The number of aryl methyl sites for hydroxylation is 1. The Morgan fingerprint density at radius 3 is 2.59 bits per heavy atom. The lowest BCUT2D eigenvalue weighted by molar-refractivity contribution is 0.0730. The standard InChI is InChI=1S/C23H23ClN4O3S/c1-2-9-28-22-8-7-19(32(29,30)27-10-12-31-13-11-27)15-21(22)26-23(28)20(24)14-17-3-5-18(16-25)6-4-17/h3-8,14-15H,2,9-13H2,1H3/b20-14-. The molecule has 1 fully saturated rings. The van der Waals surface area contributed by atoms with Crippen LogP contribution in [-0.4, -0.2) is 48.6 Å². The maximum Gasteiger partial charge on any atom is 0.243 e. The van der Waals surface area contributed by atoms with E-state index < -0.39 is 10.0 Å². The van der Waals surface area contributed by atoms with E-state index >= 15 is 0 Å². The van der Waals surface area contributed by atoms with Crippen molar-refractivity contribution < 1.29 is 13.2 Å². The van der Waals surface area contributed by atoms with E-state index in [2.05, 4.69) is 18.0 Å². The monoisotopic (exact) mass is 470 g/mol. The van der Waals surface area contributed by atoms with Gasteiger partial charge < -0.3 is 9.30 Å². The Morgan fingerprint density at radius 2 is 1.94 bits per heavy atom. The van der Waals surface area contributed by atoms with E-state index in [0.717, 1.165) is 17.5 Å². The zero-order valence-corrected chi connectivity index (χ0v) is 19.2. The van der Waals surface area contributed by atoms with Crippen molar-refractivity contribution in [2.24, 2.45) is 0 Å². The number of rotatable bonds is 6. The van der Waals surface area contributed by atoms with Crippen molar-refractivity contribution in [3.05, 3.63) is 59.4 Å². The zero-order chi connectivity index (χ0) is 22.7. The fourth-order valence-corrected chi connectivity index (χ4v) is 5.40. The van der Waals surface area contributed by atoms with Crippen LogP contribution in [0.3, 0.4) is 0 Å². The molecule has 0 aliphatic carbocycles. The predicted octanol–water partition coefficient (Wildman–Crippen LogP) is 4.08. The highest BCUT2D eigenvalue weighted by atomic mass is 35.5. The lowest BCUT2D eigenvalue weighted by atomic mass is 10.1. The normalized spacial score (nSPS) is 15.7. The van der Waals surface area contributed by atoms with Gasteiger partial charge in [-0.1, -0.05) is 30.7 Å². The van der Waals surface area contributed by atoms with Crippen molar-refractivity contribution in [3.63, 3.8) is 0 Å². The summed E-state index contributed by atoms with van der Waals surface area (Å²) in [6.45, 7) is 4.23. The highest BCUT2D eigenvalue weighted by Gasteiger charge is 2.27. The number of nitrogens with zero attached hydrogens (tertiary/aromatic N) is 4. The molecule has 0 radical (unpaired) electrons. The summed E-state index contributed by atoms with van der Waals surface area (Å²) in [6, 6.07) is 14.2. The van der Waals surface area contributed by atoms with Gasteiger partial charge in [-0.05, 0) is 48.4 Å². The summed E-state index contributed by atoms with van der Waals surface area (Å²) < 4.78 is 34.8. The molecule has 0 unspecified atom stereocenters. The second-order valence-corrected chi connectivity index (χ2v) is 9.83. The van der Waals surface area contributed by atoms with Gasteiger partial charge in [0.1, 0.15) is 0 Å². The van der Waals surface area contributed by atoms with E-state index in [1.807, 2.05) is 16.7 Å². The first-order valence-corrected chi connectivity index (χ1v) is 12.2. The van der Waals surface area contributed by atoms with Crippen LogP contribution in [0.5, 0.6) is 0 Å². The van der Waals surface area contributed by atoms with Gasteiger partial charge in [0.15, 0.2) is 5.82 Å². The highest BCUT2D eigenvalue weighted by molar-refractivity contribution is 7.89. The predicted molar refractivity (Wildman–Crippen MR) is 124 cm³/mol. The molecule has 1 aliphatic heterocycles. The molecular formula is C23H23ClN4O3S. The number of morpholine rings is 1. The number of halogens is 1. The molecular weight excluding hydrogens is 448 g/mol. The van der Waals surface area contributed by atoms with Gasteiger partial charge >= 0.3 is 0 Å². The number of hydrogen-bond donors (Lipinski definition) is 0. The molecule has 0 atom stereocenters. The molecule has 0 saturated carbocycles. The van der Waals surface area contributed by atoms with Crippen LogP contribution in [0.15, 0.2) is 47.4 Å². The van der Waals surface area contributed by atoms with Crippen LogP contribution in [0, 0.1) is 11.3 Å². The minimum Gasteiger partial charge on any atom is -0.379 e. The minimum absolute atomic E-state index is 0.215. The van der Waals surface area contributed by atoms with Gasteiger partial charge in [0.2, 0.25) is 10.0 Å².